The highest BCUT2D eigenvalue weighted by atomic mass is 79.9. The zero-order chi connectivity index (χ0) is 13.9. The second kappa shape index (κ2) is 6.70. The number of aryl methyl sites for hydroxylation is 1. The normalized spacial score (nSPS) is 16.8. The van der Waals surface area contributed by atoms with Crippen LogP contribution in [-0.2, 0) is 16.4 Å². The highest BCUT2D eigenvalue weighted by Gasteiger charge is 2.35. The van der Waals surface area contributed by atoms with E-state index >= 15 is 0 Å². The molecule has 1 aromatic heterocycles. The van der Waals surface area contributed by atoms with Crippen LogP contribution in [0.3, 0.4) is 0 Å². The molecule has 0 atom stereocenters. The molecule has 0 bridgehead atoms. The Hall–Kier alpha value is 0.0900. The average Bonchev–Trinajstić information content (AvgIpc) is 2.81. The molecule has 19 heavy (non-hydrogen) atoms. The molecule has 1 saturated carbocycles. The lowest BCUT2D eigenvalue weighted by molar-refractivity contribution is 0.220. The second-order valence-electron chi connectivity index (χ2n) is 4.82. The van der Waals surface area contributed by atoms with E-state index in [2.05, 4.69) is 22.9 Å². The van der Waals surface area contributed by atoms with Crippen molar-refractivity contribution in [3.05, 3.63) is 17.0 Å². The Balaban J connectivity index is 2.22. The molecular formula is C13H20BrNO2S2. The van der Waals surface area contributed by atoms with Gasteiger partial charge in [-0.15, -0.1) is 11.3 Å². The van der Waals surface area contributed by atoms with Gasteiger partial charge in [0.2, 0.25) is 0 Å². The molecule has 0 radical (unpaired) electrons. The van der Waals surface area contributed by atoms with Crippen LogP contribution in [-0.4, -0.2) is 30.6 Å². The first-order valence-corrected chi connectivity index (χ1v) is 10.1. The van der Waals surface area contributed by atoms with E-state index in [0.29, 0.717) is 10.8 Å². The Morgan fingerprint density at radius 2 is 2.16 bits per heavy atom. The predicted octanol–water partition coefficient (Wildman–Crippen LogP) is 3.64. The van der Waals surface area contributed by atoms with Crippen LogP contribution in [0, 0.1) is 0 Å². The number of halogens is 1. The Morgan fingerprint density at radius 3 is 2.63 bits per heavy atom. The van der Waals surface area contributed by atoms with E-state index in [-0.39, 0.29) is 6.04 Å². The van der Waals surface area contributed by atoms with Crippen LogP contribution in [0.25, 0.3) is 0 Å². The molecular weight excluding hydrogens is 346 g/mol. The van der Waals surface area contributed by atoms with Crippen molar-refractivity contribution in [1.82, 2.24) is 4.31 Å². The molecule has 1 aliphatic rings. The summed E-state index contributed by atoms with van der Waals surface area (Å²) >= 11 is 4.80. The van der Waals surface area contributed by atoms with E-state index in [4.69, 9.17) is 0 Å². The number of alkyl halides is 1. The molecule has 3 nitrogen and oxygen atoms in total. The summed E-state index contributed by atoms with van der Waals surface area (Å²) in [6, 6.07) is 3.91. The van der Waals surface area contributed by atoms with Gasteiger partial charge < -0.3 is 0 Å². The molecule has 1 aliphatic carbocycles. The Labute approximate surface area is 128 Å². The first-order chi connectivity index (χ1) is 9.09. The molecule has 1 fully saturated rings. The number of nitrogens with zero attached hydrogens (tertiary/aromatic N) is 1. The van der Waals surface area contributed by atoms with Gasteiger partial charge in [0.05, 0.1) is 0 Å². The maximum atomic E-state index is 12.7. The zero-order valence-electron chi connectivity index (χ0n) is 11.1. The predicted molar refractivity (Wildman–Crippen MR) is 83.6 cm³/mol. The van der Waals surface area contributed by atoms with Gasteiger partial charge in [-0.05, 0) is 37.8 Å². The van der Waals surface area contributed by atoms with Crippen molar-refractivity contribution in [2.75, 3.05) is 11.9 Å². The first kappa shape index (κ1) is 15.5. The van der Waals surface area contributed by atoms with Crippen LogP contribution < -0.4 is 0 Å². The molecule has 0 amide bonds. The molecule has 108 valence electrons. The van der Waals surface area contributed by atoms with Gasteiger partial charge in [-0.2, -0.15) is 4.31 Å². The fraction of sp³-hybridized carbons (Fsp3) is 0.692. The fourth-order valence-electron chi connectivity index (χ4n) is 2.19. The standard InChI is InChI=1S/C13H20BrNO2S2/c1-2-12-7-8-13(18-12)19(16,17)15(10-4-9-14)11-5-3-6-11/h7-8,11H,2-6,9-10H2,1H3. The van der Waals surface area contributed by atoms with Gasteiger partial charge in [0.15, 0.2) is 0 Å². The maximum Gasteiger partial charge on any atom is 0.252 e. The number of sulfonamides is 1. The summed E-state index contributed by atoms with van der Waals surface area (Å²) in [6.07, 6.45) is 4.92. The van der Waals surface area contributed by atoms with E-state index in [1.807, 2.05) is 6.07 Å². The lowest BCUT2D eigenvalue weighted by atomic mass is 9.93. The summed E-state index contributed by atoms with van der Waals surface area (Å²) in [5, 5.41) is 0.844. The van der Waals surface area contributed by atoms with E-state index in [1.54, 1.807) is 10.4 Å². The summed E-state index contributed by atoms with van der Waals surface area (Å²) < 4.78 is 27.7. The van der Waals surface area contributed by atoms with Crippen LogP contribution in [0.2, 0.25) is 0 Å². The quantitative estimate of drug-likeness (QED) is 0.691. The van der Waals surface area contributed by atoms with Crippen LogP contribution in [0.15, 0.2) is 16.3 Å². The third-order valence-electron chi connectivity index (χ3n) is 3.54. The topological polar surface area (TPSA) is 37.4 Å². The Bertz CT molecular complexity index is 508. The van der Waals surface area contributed by atoms with Crippen molar-refractivity contribution in [2.45, 2.75) is 49.3 Å². The Morgan fingerprint density at radius 1 is 1.42 bits per heavy atom. The molecule has 0 spiro atoms. The second-order valence-corrected chi connectivity index (χ2v) is 8.90. The van der Waals surface area contributed by atoms with E-state index in [9.17, 15) is 8.42 Å². The van der Waals surface area contributed by atoms with E-state index < -0.39 is 10.0 Å². The van der Waals surface area contributed by atoms with Gasteiger partial charge >= 0.3 is 0 Å². The molecule has 1 aromatic rings. The molecule has 2 rings (SSSR count). The minimum Gasteiger partial charge on any atom is -0.206 e. The smallest absolute Gasteiger partial charge is 0.206 e. The lowest BCUT2D eigenvalue weighted by Crippen LogP contribution is -2.44. The third kappa shape index (κ3) is 3.40. The van der Waals surface area contributed by atoms with Gasteiger partial charge in [0.1, 0.15) is 4.21 Å². The molecule has 6 heteroatoms. The fourth-order valence-corrected chi connectivity index (χ4v) is 5.59. The maximum absolute atomic E-state index is 12.7. The minimum absolute atomic E-state index is 0.219. The monoisotopic (exact) mass is 365 g/mol. The SMILES string of the molecule is CCc1ccc(S(=O)(=O)N(CCCBr)C2CCC2)s1. The summed E-state index contributed by atoms with van der Waals surface area (Å²) in [6.45, 7) is 2.67. The average molecular weight is 366 g/mol. The third-order valence-corrected chi connectivity index (χ3v) is 7.75. The van der Waals surface area contributed by atoms with E-state index in [1.165, 1.54) is 11.3 Å². The van der Waals surface area contributed by atoms with Crippen molar-refractivity contribution in [3.63, 3.8) is 0 Å². The highest BCUT2D eigenvalue weighted by molar-refractivity contribution is 9.09. The molecule has 0 unspecified atom stereocenters. The summed E-state index contributed by atoms with van der Waals surface area (Å²) in [4.78, 5) is 1.13. The van der Waals surface area contributed by atoms with Gasteiger partial charge in [-0.25, -0.2) is 8.42 Å². The number of hydrogen-bond donors (Lipinski definition) is 0. The van der Waals surface area contributed by atoms with Crippen molar-refractivity contribution in [3.8, 4) is 0 Å². The van der Waals surface area contributed by atoms with Gasteiger partial charge in [-0.3, -0.25) is 0 Å². The molecule has 0 aromatic carbocycles. The highest BCUT2D eigenvalue weighted by Crippen LogP contribution is 2.32. The summed E-state index contributed by atoms with van der Waals surface area (Å²) in [5.41, 5.74) is 0. The number of thiophene rings is 1. The van der Waals surface area contributed by atoms with Crippen LogP contribution in [0.4, 0.5) is 0 Å². The molecule has 0 aliphatic heterocycles. The first-order valence-electron chi connectivity index (χ1n) is 6.76. The molecule has 0 saturated heterocycles. The van der Waals surface area contributed by atoms with Crippen LogP contribution >= 0.6 is 27.3 Å². The molecule has 0 N–H and O–H groups in total. The van der Waals surface area contributed by atoms with Gasteiger partial charge in [-0.1, -0.05) is 29.3 Å². The van der Waals surface area contributed by atoms with Crippen molar-refractivity contribution >= 4 is 37.3 Å². The van der Waals surface area contributed by atoms with Crippen molar-refractivity contribution < 1.29 is 8.42 Å². The Kier molecular flexibility index (Phi) is 5.45. The van der Waals surface area contributed by atoms with Gasteiger partial charge in [0.25, 0.3) is 10.0 Å². The number of rotatable bonds is 7. The van der Waals surface area contributed by atoms with Gasteiger partial charge in [0, 0.05) is 22.8 Å². The van der Waals surface area contributed by atoms with Crippen LogP contribution in [0.1, 0.15) is 37.5 Å². The van der Waals surface area contributed by atoms with E-state index in [0.717, 1.165) is 42.3 Å². The van der Waals surface area contributed by atoms with Crippen molar-refractivity contribution in [1.29, 1.82) is 0 Å². The summed E-state index contributed by atoms with van der Waals surface area (Å²) in [7, 11) is -3.29. The largest absolute Gasteiger partial charge is 0.252 e. The van der Waals surface area contributed by atoms with Crippen molar-refractivity contribution in [2.24, 2.45) is 0 Å². The molecule has 1 heterocycles. The summed E-state index contributed by atoms with van der Waals surface area (Å²) in [5.74, 6) is 0. The van der Waals surface area contributed by atoms with Crippen LogP contribution in [0.5, 0.6) is 0 Å². The minimum atomic E-state index is -3.29. The number of hydrogen-bond acceptors (Lipinski definition) is 3. The lowest BCUT2D eigenvalue weighted by Gasteiger charge is -2.36. The zero-order valence-corrected chi connectivity index (χ0v) is 14.4.